The molecule has 2 nitrogen and oxygen atoms in total. The average molecular weight is 199 g/mol. The lowest BCUT2D eigenvalue weighted by Gasteiger charge is -2.13. The molecule has 0 aliphatic heterocycles. The Hall–Kier alpha value is -0.380. The predicted octanol–water partition coefficient (Wildman–Crippen LogP) is 2.99. The van der Waals surface area contributed by atoms with E-state index in [1.807, 2.05) is 0 Å². The standard InChI is InChI=1S/C10H17NOS/c1-8(2)7-12-11-9(3)10-5-4-6-13-10/h4-6,8-9,11H,7H2,1-3H3. The van der Waals surface area contributed by atoms with Crippen molar-refractivity contribution in [1.82, 2.24) is 5.48 Å². The normalized spacial score (nSPS) is 13.5. The first-order valence-electron chi connectivity index (χ1n) is 4.61. The lowest BCUT2D eigenvalue weighted by molar-refractivity contribution is 0.00478. The van der Waals surface area contributed by atoms with Crippen molar-refractivity contribution >= 4 is 11.3 Å². The zero-order valence-corrected chi connectivity index (χ0v) is 9.23. The number of hydrogen-bond donors (Lipinski definition) is 1. The Bertz CT molecular complexity index is 221. The largest absolute Gasteiger partial charge is 0.301 e. The Kier molecular flexibility index (Phi) is 4.42. The van der Waals surface area contributed by atoms with E-state index in [0.29, 0.717) is 12.0 Å². The summed E-state index contributed by atoms with van der Waals surface area (Å²) in [6, 6.07) is 4.46. The maximum Gasteiger partial charge on any atom is 0.0705 e. The fraction of sp³-hybridized carbons (Fsp3) is 0.600. The predicted molar refractivity (Wildman–Crippen MR) is 56.7 cm³/mol. The van der Waals surface area contributed by atoms with Gasteiger partial charge in [-0.3, -0.25) is 0 Å². The lowest BCUT2D eigenvalue weighted by Crippen LogP contribution is -2.20. The van der Waals surface area contributed by atoms with Crippen LogP contribution in [-0.2, 0) is 4.84 Å². The molecule has 1 aromatic rings. The van der Waals surface area contributed by atoms with Gasteiger partial charge in [-0.25, -0.2) is 0 Å². The average Bonchev–Trinajstić information content (AvgIpc) is 2.55. The second kappa shape index (κ2) is 5.37. The third-order valence-corrected chi connectivity index (χ3v) is 2.70. The van der Waals surface area contributed by atoms with Crippen molar-refractivity contribution in [2.75, 3.05) is 6.61 Å². The monoisotopic (exact) mass is 199 g/mol. The van der Waals surface area contributed by atoms with Gasteiger partial charge in [-0.05, 0) is 24.3 Å². The molecule has 1 aromatic heterocycles. The molecule has 0 amide bonds. The van der Waals surface area contributed by atoms with E-state index in [9.17, 15) is 0 Å². The van der Waals surface area contributed by atoms with Crippen LogP contribution in [0.15, 0.2) is 17.5 Å². The molecule has 0 aliphatic carbocycles. The highest BCUT2D eigenvalue weighted by Gasteiger charge is 2.05. The van der Waals surface area contributed by atoms with E-state index >= 15 is 0 Å². The molecular weight excluding hydrogens is 182 g/mol. The molecule has 0 fully saturated rings. The van der Waals surface area contributed by atoms with Crippen LogP contribution < -0.4 is 5.48 Å². The third kappa shape index (κ3) is 3.89. The fourth-order valence-electron chi connectivity index (χ4n) is 0.936. The Morgan fingerprint density at radius 1 is 1.46 bits per heavy atom. The number of thiophene rings is 1. The molecule has 0 aliphatic rings. The van der Waals surface area contributed by atoms with Crippen LogP contribution in [0.1, 0.15) is 31.7 Å². The van der Waals surface area contributed by atoms with Gasteiger partial charge in [0.15, 0.2) is 0 Å². The summed E-state index contributed by atoms with van der Waals surface area (Å²) in [5.74, 6) is 0.572. The molecule has 1 heterocycles. The SMILES string of the molecule is CC(C)CONC(C)c1cccs1. The molecule has 13 heavy (non-hydrogen) atoms. The molecule has 74 valence electrons. The first kappa shape index (κ1) is 10.7. The Morgan fingerprint density at radius 2 is 2.23 bits per heavy atom. The quantitative estimate of drug-likeness (QED) is 0.736. The van der Waals surface area contributed by atoms with E-state index in [1.165, 1.54) is 4.88 Å². The first-order valence-corrected chi connectivity index (χ1v) is 5.49. The van der Waals surface area contributed by atoms with E-state index in [0.717, 1.165) is 6.61 Å². The van der Waals surface area contributed by atoms with Crippen molar-refractivity contribution in [2.24, 2.45) is 5.92 Å². The molecule has 0 radical (unpaired) electrons. The van der Waals surface area contributed by atoms with Crippen molar-refractivity contribution in [3.63, 3.8) is 0 Å². The van der Waals surface area contributed by atoms with Crippen molar-refractivity contribution in [2.45, 2.75) is 26.8 Å². The van der Waals surface area contributed by atoms with Gasteiger partial charge in [0.2, 0.25) is 0 Å². The summed E-state index contributed by atoms with van der Waals surface area (Å²) >= 11 is 1.75. The minimum absolute atomic E-state index is 0.291. The molecule has 0 saturated carbocycles. The van der Waals surface area contributed by atoms with Crippen LogP contribution in [0.4, 0.5) is 0 Å². The van der Waals surface area contributed by atoms with Crippen LogP contribution in [0.5, 0.6) is 0 Å². The van der Waals surface area contributed by atoms with Crippen LogP contribution >= 0.6 is 11.3 Å². The zero-order valence-electron chi connectivity index (χ0n) is 8.41. The summed E-state index contributed by atoms with van der Waals surface area (Å²) in [5, 5.41) is 2.08. The summed E-state index contributed by atoms with van der Waals surface area (Å²) in [7, 11) is 0. The van der Waals surface area contributed by atoms with E-state index in [-0.39, 0.29) is 0 Å². The smallest absolute Gasteiger partial charge is 0.0705 e. The first-order chi connectivity index (χ1) is 6.20. The van der Waals surface area contributed by atoms with Gasteiger partial charge in [0.1, 0.15) is 0 Å². The Morgan fingerprint density at radius 3 is 2.77 bits per heavy atom. The zero-order chi connectivity index (χ0) is 9.68. The summed E-state index contributed by atoms with van der Waals surface area (Å²) in [4.78, 5) is 6.65. The molecule has 1 rings (SSSR count). The van der Waals surface area contributed by atoms with E-state index in [4.69, 9.17) is 4.84 Å². The summed E-state index contributed by atoms with van der Waals surface area (Å²) < 4.78 is 0. The Balaban J connectivity index is 2.22. The molecule has 0 saturated heterocycles. The van der Waals surface area contributed by atoms with Gasteiger partial charge in [-0.1, -0.05) is 19.9 Å². The van der Waals surface area contributed by atoms with Gasteiger partial charge in [-0.15, -0.1) is 11.3 Å². The Labute approximate surface area is 83.9 Å². The van der Waals surface area contributed by atoms with Crippen LogP contribution in [0.2, 0.25) is 0 Å². The van der Waals surface area contributed by atoms with Crippen LogP contribution in [0.3, 0.4) is 0 Å². The van der Waals surface area contributed by atoms with Gasteiger partial charge < -0.3 is 4.84 Å². The van der Waals surface area contributed by atoms with E-state index in [1.54, 1.807) is 11.3 Å². The molecule has 3 heteroatoms. The van der Waals surface area contributed by atoms with Gasteiger partial charge in [0.05, 0.1) is 12.6 Å². The maximum atomic E-state index is 5.34. The highest BCUT2D eigenvalue weighted by molar-refractivity contribution is 7.10. The van der Waals surface area contributed by atoms with Crippen molar-refractivity contribution in [3.05, 3.63) is 22.4 Å². The van der Waals surface area contributed by atoms with Crippen LogP contribution in [0, 0.1) is 5.92 Å². The van der Waals surface area contributed by atoms with Crippen molar-refractivity contribution in [3.8, 4) is 0 Å². The molecule has 0 aromatic carbocycles. The molecule has 1 N–H and O–H groups in total. The summed E-state index contributed by atoms with van der Waals surface area (Å²) in [6.07, 6.45) is 0. The maximum absolute atomic E-state index is 5.34. The van der Waals surface area contributed by atoms with E-state index in [2.05, 4.69) is 43.8 Å². The number of rotatable bonds is 5. The van der Waals surface area contributed by atoms with Crippen molar-refractivity contribution < 1.29 is 4.84 Å². The second-order valence-corrected chi connectivity index (χ2v) is 4.54. The van der Waals surface area contributed by atoms with Gasteiger partial charge >= 0.3 is 0 Å². The number of hydroxylamine groups is 1. The lowest BCUT2D eigenvalue weighted by atomic mass is 10.2. The van der Waals surface area contributed by atoms with Crippen molar-refractivity contribution in [1.29, 1.82) is 0 Å². The minimum Gasteiger partial charge on any atom is -0.301 e. The highest BCUT2D eigenvalue weighted by Crippen LogP contribution is 2.17. The number of nitrogens with one attached hydrogen (secondary N) is 1. The number of hydrogen-bond acceptors (Lipinski definition) is 3. The van der Waals surface area contributed by atoms with Gasteiger partial charge in [0, 0.05) is 4.88 Å². The molecule has 0 spiro atoms. The fourth-order valence-corrected chi connectivity index (χ4v) is 1.66. The summed E-state index contributed by atoms with van der Waals surface area (Å²) in [6.45, 7) is 7.14. The topological polar surface area (TPSA) is 21.3 Å². The third-order valence-electron chi connectivity index (χ3n) is 1.65. The van der Waals surface area contributed by atoms with Crippen LogP contribution in [-0.4, -0.2) is 6.61 Å². The van der Waals surface area contributed by atoms with Crippen LogP contribution in [0.25, 0.3) is 0 Å². The molecule has 0 bridgehead atoms. The summed E-state index contributed by atoms with van der Waals surface area (Å²) in [5.41, 5.74) is 3.03. The van der Waals surface area contributed by atoms with E-state index < -0.39 is 0 Å². The second-order valence-electron chi connectivity index (χ2n) is 3.56. The molecular formula is C10H17NOS. The van der Waals surface area contributed by atoms with Gasteiger partial charge in [0.25, 0.3) is 0 Å². The highest BCUT2D eigenvalue weighted by atomic mass is 32.1. The molecule has 1 unspecified atom stereocenters. The molecule has 1 atom stereocenters. The van der Waals surface area contributed by atoms with Gasteiger partial charge in [-0.2, -0.15) is 5.48 Å². The minimum atomic E-state index is 0.291.